The zero-order valence-corrected chi connectivity index (χ0v) is 14.6. The number of anilines is 1. The fourth-order valence-electron chi connectivity index (χ4n) is 2.95. The van der Waals surface area contributed by atoms with Gasteiger partial charge >= 0.3 is 0 Å². The molecule has 3 rings (SSSR count). The number of nitrogens with one attached hydrogen (secondary N) is 1. The number of benzene rings is 1. The molecule has 0 unspecified atom stereocenters. The smallest absolute Gasteiger partial charge is 0.256 e. The first-order valence-corrected chi connectivity index (χ1v) is 10.3. The van der Waals surface area contributed by atoms with Crippen LogP contribution >= 0.6 is 11.3 Å². The number of hydrogen-bond donors (Lipinski definition) is 1. The summed E-state index contributed by atoms with van der Waals surface area (Å²) in [5.41, 5.74) is 2.46. The molecular weight excluding hydrogens is 326 g/mol. The molecule has 0 bridgehead atoms. The predicted molar refractivity (Wildman–Crippen MR) is 97.4 cm³/mol. The Morgan fingerprint density at radius 3 is 2.78 bits per heavy atom. The SMILES string of the molecule is O=C(Nc1cccc(C[S@](=O)C2CCCCC2)c1)c1ccsc1. The summed E-state index contributed by atoms with van der Waals surface area (Å²) in [5.74, 6) is 0.476. The van der Waals surface area contributed by atoms with Crippen LogP contribution in [-0.2, 0) is 16.6 Å². The van der Waals surface area contributed by atoms with E-state index in [4.69, 9.17) is 0 Å². The summed E-state index contributed by atoms with van der Waals surface area (Å²) in [6.07, 6.45) is 5.85. The molecule has 5 heteroatoms. The minimum Gasteiger partial charge on any atom is -0.322 e. The summed E-state index contributed by atoms with van der Waals surface area (Å²) >= 11 is 1.50. The molecule has 1 aliphatic rings. The standard InChI is InChI=1S/C18H21NO2S2/c20-18(15-9-10-22-12-15)19-16-6-4-5-14(11-16)13-23(21)17-7-2-1-3-8-17/h4-6,9-12,17H,1-3,7-8,13H2,(H,19,20)/t23-/m0/s1. The maximum Gasteiger partial charge on any atom is 0.256 e. The van der Waals surface area contributed by atoms with Crippen molar-refractivity contribution in [3.63, 3.8) is 0 Å². The maximum absolute atomic E-state index is 12.5. The van der Waals surface area contributed by atoms with Crippen molar-refractivity contribution in [2.75, 3.05) is 5.32 Å². The molecule has 0 saturated heterocycles. The topological polar surface area (TPSA) is 46.2 Å². The van der Waals surface area contributed by atoms with E-state index in [-0.39, 0.29) is 5.91 Å². The third kappa shape index (κ3) is 4.52. The number of amides is 1. The summed E-state index contributed by atoms with van der Waals surface area (Å²) in [6, 6.07) is 9.52. The fourth-order valence-corrected chi connectivity index (χ4v) is 5.18. The lowest BCUT2D eigenvalue weighted by Crippen LogP contribution is -2.19. The van der Waals surface area contributed by atoms with Crippen LogP contribution in [0.2, 0.25) is 0 Å². The second-order valence-corrected chi connectivity index (χ2v) is 8.45. The first-order chi connectivity index (χ1) is 11.2. The van der Waals surface area contributed by atoms with Crippen molar-refractivity contribution < 1.29 is 9.00 Å². The molecule has 1 aromatic carbocycles. The molecule has 122 valence electrons. The van der Waals surface area contributed by atoms with Crippen LogP contribution in [0.25, 0.3) is 0 Å². The Morgan fingerprint density at radius 1 is 1.22 bits per heavy atom. The van der Waals surface area contributed by atoms with Gasteiger partial charge in [-0.15, -0.1) is 0 Å². The Balaban J connectivity index is 1.62. The maximum atomic E-state index is 12.5. The first-order valence-electron chi connectivity index (χ1n) is 8.02. The van der Waals surface area contributed by atoms with Gasteiger partial charge in [0.2, 0.25) is 0 Å². The minimum absolute atomic E-state index is 0.100. The van der Waals surface area contributed by atoms with Gasteiger partial charge in [-0.25, -0.2) is 0 Å². The van der Waals surface area contributed by atoms with Gasteiger partial charge in [-0.2, -0.15) is 11.3 Å². The zero-order valence-electron chi connectivity index (χ0n) is 13.0. The van der Waals surface area contributed by atoms with E-state index >= 15 is 0 Å². The highest BCUT2D eigenvalue weighted by molar-refractivity contribution is 7.84. The molecule has 1 amide bonds. The van der Waals surface area contributed by atoms with E-state index in [0.29, 0.717) is 16.6 Å². The quantitative estimate of drug-likeness (QED) is 0.860. The third-order valence-corrected chi connectivity index (χ3v) is 6.72. The van der Waals surface area contributed by atoms with Crippen LogP contribution in [-0.4, -0.2) is 15.4 Å². The van der Waals surface area contributed by atoms with E-state index in [1.54, 1.807) is 0 Å². The van der Waals surface area contributed by atoms with E-state index in [0.717, 1.165) is 24.1 Å². The Kier molecular flexibility index (Phi) is 5.62. The second kappa shape index (κ2) is 7.88. The average molecular weight is 348 g/mol. The van der Waals surface area contributed by atoms with Gasteiger partial charge in [0.15, 0.2) is 0 Å². The molecule has 2 aromatic rings. The highest BCUT2D eigenvalue weighted by atomic mass is 32.2. The van der Waals surface area contributed by atoms with Crippen molar-refractivity contribution in [1.82, 2.24) is 0 Å². The van der Waals surface area contributed by atoms with Gasteiger partial charge in [-0.3, -0.25) is 9.00 Å². The largest absolute Gasteiger partial charge is 0.322 e. The van der Waals surface area contributed by atoms with E-state index in [2.05, 4.69) is 5.32 Å². The highest BCUT2D eigenvalue weighted by Gasteiger charge is 2.20. The van der Waals surface area contributed by atoms with E-state index in [1.165, 1.54) is 30.6 Å². The van der Waals surface area contributed by atoms with Crippen molar-refractivity contribution in [2.45, 2.75) is 43.1 Å². The Bertz CT molecular complexity index is 676. The summed E-state index contributed by atoms with van der Waals surface area (Å²) in [6.45, 7) is 0. The van der Waals surface area contributed by atoms with E-state index < -0.39 is 10.8 Å². The lowest BCUT2D eigenvalue weighted by atomic mass is 10.0. The molecule has 0 radical (unpaired) electrons. The molecule has 1 aromatic heterocycles. The van der Waals surface area contributed by atoms with Crippen LogP contribution in [0.3, 0.4) is 0 Å². The molecule has 1 heterocycles. The van der Waals surface area contributed by atoms with Gasteiger partial charge in [-0.1, -0.05) is 31.4 Å². The van der Waals surface area contributed by atoms with Gasteiger partial charge in [-0.05, 0) is 42.0 Å². The van der Waals surface area contributed by atoms with Crippen molar-refractivity contribution in [3.05, 3.63) is 52.2 Å². The Morgan fingerprint density at radius 2 is 2.04 bits per heavy atom. The number of thiophene rings is 1. The van der Waals surface area contributed by atoms with Gasteiger partial charge in [0.05, 0.1) is 5.56 Å². The molecular formula is C18H21NO2S2. The molecule has 1 aliphatic carbocycles. The monoisotopic (exact) mass is 347 g/mol. The van der Waals surface area contributed by atoms with Gasteiger partial charge in [0.25, 0.3) is 5.91 Å². The molecule has 1 saturated carbocycles. The van der Waals surface area contributed by atoms with Crippen LogP contribution in [0, 0.1) is 0 Å². The average Bonchev–Trinajstić information content (AvgIpc) is 3.10. The molecule has 1 N–H and O–H groups in total. The van der Waals surface area contributed by atoms with Gasteiger partial charge in [0, 0.05) is 32.9 Å². The van der Waals surface area contributed by atoms with Crippen LogP contribution < -0.4 is 5.32 Å². The Labute approximate surface area is 143 Å². The van der Waals surface area contributed by atoms with Crippen molar-refractivity contribution >= 4 is 33.7 Å². The molecule has 1 atom stereocenters. The van der Waals surface area contributed by atoms with Crippen LogP contribution in [0.15, 0.2) is 41.1 Å². The molecule has 0 aliphatic heterocycles. The summed E-state index contributed by atoms with van der Waals surface area (Å²) in [7, 11) is -0.819. The van der Waals surface area contributed by atoms with Crippen LogP contribution in [0.1, 0.15) is 48.0 Å². The molecule has 23 heavy (non-hydrogen) atoms. The first kappa shape index (κ1) is 16.4. The predicted octanol–water partition coefficient (Wildman–Crippen LogP) is 4.58. The summed E-state index contributed by atoms with van der Waals surface area (Å²) in [4.78, 5) is 12.1. The second-order valence-electron chi connectivity index (χ2n) is 5.95. The summed E-state index contributed by atoms with van der Waals surface area (Å²) in [5, 5.41) is 6.97. The lowest BCUT2D eigenvalue weighted by molar-refractivity contribution is 0.102. The molecule has 3 nitrogen and oxygen atoms in total. The highest BCUT2D eigenvalue weighted by Crippen LogP contribution is 2.24. The summed E-state index contributed by atoms with van der Waals surface area (Å²) < 4.78 is 12.5. The minimum atomic E-state index is -0.819. The lowest BCUT2D eigenvalue weighted by Gasteiger charge is -2.21. The zero-order chi connectivity index (χ0) is 16.1. The van der Waals surface area contributed by atoms with Crippen molar-refractivity contribution in [2.24, 2.45) is 0 Å². The van der Waals surface area contributed by atoms with E-state index in [1.807, 2.05) is 41.1 Å². The van der Waals surface area contributed by atoms with Gasteiger partial charge < -0.3 is 5.32 Å². The third-order valence-electron chi connectivity index (χ3n) is 4.20. The van der Waals surface area contributed by atoms with Crippen molar-refractivity contribution in [1.29, 1.82) is 0 Å². The number of rotatable bonds is 5. The van der Waals surface area contributed by atoms with Crippen LogP contribution in [0.5, 0.6) is 0 Å². The number of carbonyl (C=O) groups excluding carboxylic acids is 1. The van der Waals surface area contributed by atoms with Crippen molar-refractivity contribution in [3.8, 4) is 0 Å². The number of carbonyl (C=O) groups is 1. The fraction of sp³-hybridized carbons (Fsp3) is 0.389. The van der Waals surface area contributed by atoms with E-state index in [9.17, 15) is 9.00 Å². The van der Waals surface area contributed by atoms with Gasteiger partial charge in [0.1, 0.15) is 0 Å². The molecule has 0 spiro atoms. The Hall–Kier alpha value is -1.46. The molecule has 1 fully saturated rings. The van der Waals surface area contributed by atoms with Crippen LogP contribution in [0.4, 0.5) is 5.69 Å². The normalized spacial score (nSPS) is 16.9. The number of hydrogen-bond acceptors (Lipinski definition) is 3.